The summed E-state index contributed by atoms with van der Waals surface area (Å²) < 4.78 is 0. The first-order valence-corrected chi connectivity index (χ1v) is 9.42. The molecule has 2 aliphatic rings. The quantitative estimate of drug-likeness (QED) is 0.578. The molecule has 0 heterocycles. The first kappa shape index (κ1) is 9.76. The van der Waals surface area contributed by atoms with Crippen LogP contribution in [0.2, 0.25) is 24.7 Å². The normalized spacial score (nSPS) is 39.5. The van der Waals surface area contributed by atoms with Gasteiger partial charge in [0.1, 0.15) is 0 Å². The van der Waals surface area contributed by atoms with Crippen LogP contribution in [0.1, 0.15) is 39.0 Å². The lowest BCUT2D eigenvalue weighted by Gasteiger charge is -2.28. The number of hydrogen-bond donors (Lipinski definition) is 0. The summed E-state index contributed by atoms with van der Waals surface area (Å²) in [5.41, 5.74) is 1.17. The molecule has 0 aromatic rings. The van der Waals surface area contributed by atoms with E-state index in [-0.39, 0.29) is 0 Å². The van der Waals surface area contributed by atoms with Gasteiger partial charge in [-0.15, -0.1) is 0 Å². The monoisotopic (exact) mass is 196 g/mol. The van der Waals surface area contributed by atoms with Crippen molar-refractivity contribution in [1.82, 2.24) is 0 Å². The van der Waals surface area contributed by atoms with Gasteiger partial charge in [0.15, 0.2) is 0 Å². The molecule has 2 unspecified atom stereocenters. The molecular weight excluding hydrogens is 172 g/mol. The number of rotatable bonds is 2. The summed E-state index contributed by atoms with van der Waals surface area (Å²) in [4.78, 5) is 0. The van der Waals surface area contributed by atoms with Crippen molar-refractivity contribution >= 4 is 8.07 Å². The molecule has 0 aromatic heterocycles. The Labute approximate surface area is 84.1 Å². The van der Waals surface area contributed by atoms with Crippen molar-refractivity contribution in [2.45, 2.75) is 63.7 Å². The minimum absolute atomic E-state index is 0.810. The maximum Gasteiger partial charge on any atom is 0.0502 e. The fourth-order valence-corrected chi connectivity index (χ4v) is 5.95. The molecule has 2 fully saturated rings. The maximum atomic E-state index is 2.61. The fourth-order valence-electron chi connectivity index (χ4n) is 3.49. The highest BCUT2D eigenvalue weighted by Gasteiger charge is 2.43. The molecule has 2 rings (SSSR count). The van der Waals surface area contributed by atoms with Gasteiger partial charge in [-0.25, -0.2) is 0 Å². The summed E-state index contributed by atoms with van der Waals surface area (Å²) >= 11 is 0. The lowest BCUT2D eigenvalue weighted by molar-refractivity contribution is 0.457. The van der Waals surface area contributed by atoms with Crippen molar-refractivity contribution in [3.05, 3.63) is 0 Å². The molecule has 2 saturated carbocycles. The Kier molecular flexibility index (Phi) is 2.56. The van der Waals surface area contributed by atoms with E-state index < -0.39 is 8.07 Å². The van der Waals surface area contributed by atoms with Gasteiger partial charge in [-0.2, -0.15) is 0 Å². The molecule has 0 saturated heterocycles. The lowest BCUT2D eigenvalue weighted by Crippen LogP contribution is -2.30. The zero-order valence-corrected chi connectivity index (χ0v) is 10.5. The van der Waals surface area contributed by atoms with Gasteiger partial charge < -0.3 is 0 Å². The molecule has 2 aliphatic carbocycles. The van der Waals surface area contributed by atoms with E-state index in [4.69, 9.17) is 0 Å². The predicted molar refractivity (Wildman–Crippen MR) is 61.8 cm³/mol. The van der Waals surface area contributed by atoms with Crippen LogP contribution in [-0.2, 0) is 0 Å². The van der Waals surface area contributed by atoms with Crippen molar-refractivity contribution in [3.63, 3.8) is 0 Å². The minimum atomic E-state index is -0.810. The summed E-state index contributed by atoms with van der Waals surface area (Å²) in [5, 5.41) is 0. The minimum Gasteiger partial charge on any atom is -0.0692 e. The first-order valence-electron chi connectivity index (χ1n) is 6.13. The molecule has 0 nitrogen and oxygen atoms in total. The highest BCUT2D eigenvalue weighted by atomic mass is 28.3. The van der Waals surface area contributed by atoms with Crippen molar-refractivity contribution in [1.29, 1.82) is 0 Å². The Balaban J connectivity index is 1.98. The maximum absolute atomic E-state index is 2.61. The molecule has 2 atom stereocenters. The first-order chi connectivity index (χ1) is 6.13. The van der Waals surface area contributed by atoms with Gasteiger partial charge in [0.05, 0.1) is 8.07 Å². The third kappa shape index (κ3) is 1.72. The second-order valence-corrected chi connectivity index (χ2v) is 11.5. The van der Waals surface area contributed by atoms with Gasteiger partial charge in [-0.1, -0.05) is 45.3 Å². The molecule has 0 amide bonds. The van der Waals surface area contributed by atoms with Crippen LogP contribution >= 0.6 is 0 Å². The molecule has 0 aliphatic heterocycles. The Morgan fingerprint density at radius 2 is 1.62 bits per heavy atom. The van der Waals surface area contributed by atoms with Crippen LogP contribution in [0.15, 0.2) is 0 Å². The summed E-state index contributed by atoms with van der Waals surface area (Å²) in [6.07, 6.45) is 7.89. The largest absolute Gasteiger partial charge is 0.0692 e. The standard InChI is InChI=1S/C12H24Si/c1-4-13(2,3)12-8-10-6-5-7-11(10)9-12/h10-12H,4-9H2,1-3H3. The summed E-state index contributed by atoms with van der Waals surface area (Å²) in [7, 11) is -0.810. The van der Waals surface area contributed by atoms with E-state index in [2.05, 4.69) is 20.0 Å². The molecule has 0 spiro atoms. The summed E-state index contributed by atoms with van der Waals surface area (Å²) in [6, 6.07) is 1.50. The fraction of sp³-hybridized carbons (Fsp3) is 1.00. The van der Waals surface area contributed by atoms with Crippen LogP contribution in [0.5, 0.6) is 0 Å². The summed E-state index contributed by atoms with van der Waals surface area (Å²) in [6.45, 7) is 7.64. The molecular formula is C12H24Si. The van der Waals surface area contributed by atoms with Gasteiger partial charge >= 0.3 is 0 Å². The second-order valence-electron chi connectivity index (χ2n) is 5.96. The number of fused-ring (bicyclic) bond motifs is 1. The van der Waals surface area contributed by atoms with Crippen molar-refractivity contribution < 1.29 is 0 Å². The van der Waals surface area contributed by atoms with Crippen LogP contribution in [0, 0.1) is 11.8 Å². The molecule has 0 N–H and O–H groups in total. The van der Waals surface area contributed by atoms with Crippen molar-refractivity contribution in [2.24, 2.45) is 11.8 Å². The average Bonchev–Trinajstić information content (AvgIpc) is 2.61. The zero-order chi connectivity index (χ0) is 9.47. The van der Waals surface area contributed by atoms with Crippen LogP contribution in [0.25, 0.3) is 0 Å². The molecule has 13 heavy (non-hydrogen) atoms. The SMILES string of the molecule is CC[Si](C)(C)C1CC2CCCC2C1. The molecule has 0 radical (unpaired) electrons. The topological polar surface area (TPSA) is 0 Å². The average molecular weight is 196 g/mol. The second kappa shape index (κ2) is 3.41. The van der Waals surface area contributed by atoms with Crippen molar-refractivity contribution in [2.75, 3.05) is 0 Å². The Hall–Kier alpha value is 0.217. The molecule has 0 bridgehead atoms. The van der Waals surface area contributed by atoms with Crippen LogP contribution < -0.4 is 0 Å². The Bertz CT molecular complexity index is 174. The highest BCUT2D eigenvalue weighted by Crippen LogP contribution is 2.53. The van der Waals surface area contributed by atoms with Crippen LogP contribution in [0.4, 0.5) is 0 Å². The highest BCUT2D eigenvalue weighted by molar-refractivity contribution is 6.78. The van der Waals surface area contributed by atoms with E-state index in [0.29, 0.717) is 0 Å². The van der Waals surface area contributed by atoms with E-state index in [1.165, 1.54) is 18.0 Å². The molecule has 1 heteroatoms. The van der Waals surface area contributed by atoms with Crippen LogP contribution in [0.3, 0.4) is 0 Å². The third-order valence-corrected chi connectivity index (χ3v) is 9.51. The third-order valence-electron chi connectivity index (χ3n) is 5.01. The van der Waals surface area contributed by atoms with E-state index in [1.54, 1.807) is 25.7 Å². The summed E-state index contributed by atoms with van der Waals surface area (Å²) in [5.74, 6) is 2.31. The number of hydrogen-bond acceptors (Lipinski definition) is 0. The predicted octanol–water partition coefficient (Wildman–Crippen LogP) is 4.30. The lowest BCUT2D eigenvalue weighted by atomic mass is 10.0. The van der Waals surface area contributed by atoms with E-state index in [0.717, 1.165) is 11.8 Å². The smallest absolute Gasteiger partial charge is 0.0502 e. The molecule has 0 aromatic carbocycles. The van der Waals surface area contributed by atoms with Gasteiger partial charge in [0, 0.05) is 0 Å². The van der Waals surface area contributed by atoms with E-state index in [9.17, 15) is 0 Å². The van der Waals surface area contributed by atoms with Gasteiger partial charge in [0.2, 0.25) is 0 Å². The zero-order valence-electron chi connectivity index (χ0n) is 9.47. The Morgan fingerprint density at radius 3 is 2.08 bits per heavy atom. The Morgan fingerprint density at radius 1 is 1.08 bits per heavy atom. The van der Waals surface area contributed by atoms with E-state index in [1.807, 2.05) is 0 Å². The van der Waals surface area contributed by atoms with Gasteiger partial charge in [0.25, 0.3) is 0 Å². The van der Waals surface area contributed by atoms with Gasteiger partial charge in [-0.3, -0.25) is 0 Å². The van der Waals surface area contributed by atoms with Crippen molar-refractivity contribution in [3.8, 4) is 0 Å². The van der Waals surface area contributed by atoms with Gasteiger partial charge in [-0.05, 0) is 30.2 Å². The van der Waals surface area contributed by atoms with Crippen LogP contribution in [-0.4, -0.2) is 8.07 Å². The molecule has 76 valence electrons. The van der Waals surface area contributed by atoms with E-state index >= 15 is 0 Å².